The van der Waals surface area contributed by atoms with Gasteiger partial charge in [-0.3, -0.25) is 25.2 Å². The van der Waals surface area contributed by atoms with Gasteiger partial charge in [-0.05, 0) is 42.0 Å². The maximum absolute atomic E-state index is 12.8. The fourth-order valence-electron chi connectivity index (χ4n) is 3.86. The van der Waals surface area contributed by atoms with Crippen molar-refractivity contribution in [3.63, 3.8) is 0 Å². The molecule has 1 heterocycles. The van der Waals surface area contributed by atoms with E-state index in [2.05, 4.69) is 32.3 Å². The number of benzene rings is 3. The Hall–Kier alpha value is -3.96. The number of hydrogen-bond donors (Lipinski definition) is 2. The zero-order valence-corrected chi connectivity index (χ0v) is 20.6. The fourth-order valence-corrected chi connectivity index (χ4v) is 4.94. The molecule has 0 atom stereocenters. The number of hydrazone groups is 1. The molecule has 2 N–H and O–H groups in total. The molecule has 1 aliphatic rings. The molecule has 0 saturated carbocycles. The molecule has 0 unspecified atom stereocenters. The van der Waals surface area contributed by atoms with E-state index in [0.717, 1.165) is 44.3 Å². The van der Waals surface area contributed by atoms with Crippen LogP contribution >= 0.6 is 0 Å². The van der Waals surface area contributed by atoms with E-state index in [9.17, 15) is 18.5 Å². The minimum Gasteiger partial charge on any atom is -0.497 e. The van der Waals surface area contributed by atoms with Crippen molar-refractivity contribution in [1.29, 1.82) is 0 Å². The minimum atomic E-state index is -4.04. The second-order valence-corrected chi connectivity index (χ2v) is 10.0. The fraction of sp³-hybridized carbons (Fsp3) is 0.240. The summed E-state index contributed by atoms with van der Waals surface area (Å²) in [4.78, 5) is 13.2. The number of rotatable bonds is 9. The summed E-state index contributed by atoms with van der Waals surface area (Å²) in [5, 5.41) is 16.1. The molecule has 0 aliphatic carbocycles. The Morgan fingerprint density at radius 2 is 1.72 bits per heavy atom. The molecule has 3 aromatic carbocycles. The van der Waals surface area contributed by atoms with E-state index in [4.69, 9.17) is 4.74 Å². The first kappa shape index (κ1) is 25.1. The highest BCUT2D eigenvalue weighted by atomic mass is 32.2. The Kier molecular flexibility index (Phi) is 7.81. The van der Waals surface area contributed by atoms with E-state index in [1.807, 2.05) is 18.2 Å². The van der Waals surface area contributed by atoms with E-state index < -0.39 is 14.9 Å². The average molecular weight is 510 g/mol. The summed E-state index contributed by atoms with van der Waals surface area (Å²) in [5.41, 5.74) is 4.99. The normalized spacial score (nSPS) is 14.2. The molecular weight excluding hydrogens is 482 g/mol. The monoisotopic (exact) mass is 509 g/mol. The average Bonchev–Trinajstić information content (AvgIpc) is 2.89. The predicted molar refractivity (Wildman–Crippen MR) is 139 cm³/mol. The van der Waals surface area contributed by atoms with Crippen LogP contribution in [0.4, 0.5) is 17.1 Å². The van der Waals surface area contributed by atoms with Gasteiger partial charge in [0.25, 0.3) is 15.7 Å². The molecule has 188 valence electrons. The number of nitrogens with one attached hydrogen (secondary N) is 2. The Morgan fingerprint density at radius 1 is 1.03 bits per heavy atom. The van der Waals surface area contributed by atoms with Gasteiger partial charge in [0.15, 0.2) is 0 Å². The molecule has 0 aromatic heterocycles. The smallest absolute Gasteiger partial charge is 0.295 e. The molecule has 3 aromatic rings. The molecule has 4 rings (SSSR count). The molecule has 0 spiro atoms. The number of likely N-dealkylation sites (tertiary alicyclic amines) is 1. The van der Waals surface area contributed by atoms with E-state index in [1.54, 1.807) is 24.3 Å². The summed E-state index contributed by atoms with van der Waals surface area (Å²) in [6.45, 7) is 2.55. The molecule has 1 saturated heterocycles. The summed E-state index contributed by atoms with van der Waals surface area (Å²) in [5.74, 6) is 0.576. The number of nitrogens with zero attached hydrogens (tertiary/aromatic N) is 3. The molecule has 1 fully saturated rings. The minimum absolute atomic E-state index is 0.127. The van der Waals surface area contributed by atoms with Gasteiger partial charge in [-0.2, -0.15) is 5.10 Å². The van der Waals surface area contributed by atoms with E-state index in [1.165, 1.54) is 24.8 Å². The van der Waals surface area contributed by atoms with Crippen LogP contribution in [-0.2, 0) is 16.6 Å². The standard InChI is InChI=1S/C25H27N5O5S/c1-35-22-9-7-21(8-10-22)28-36(33,34)23-11-12-24(25(17-23)30(31)32)27-26-20-13-15-29(16-14-20)18-19-5-3-2-4-6-19/h2-12,17,27-28H,13-16,18H2,1H3. The van der Waals surface area contributed by atoms with E-state index >= 15 is 0 Å². The van der Waals surface area contributed by atoms with Gasteiger partial charge in [-0.15, -0.1) is 0 Å². The van der Waals surface area contributed by atoms with Gasteiger partial charge in [0.2, 0.25) is 0 Å². The van der Waals surface area contributed by atoms with Crippen molar-refractivity contribution in [3.8, 4) is 5.75 Å². The van der Waals surface area contributed by atoms with E-state index in [0.29, 0.717) is 11.4 Å². The summed E-state index contributed by atoms with van der Waals surface area (Å²) >= 11 is 0. The number of sulfonamides is 1. The van der Waals surface area contributed by atoms with Crippen LogP contribution in [0.15, 0.2) is 82.8 Å². The predicted octanol–water partition coefficient (Wildman–Crippen LogP) is 4.47. The Morgan fingerprint density at radius 3 is 2.36 bits per heavy atom. The van der Waals surface area contributed by atoms with Crippen molar-refractivity contribution in [1.82, 2.24) is 4.90 Å². The third kappa shape index (κ3) is 6.37. The molecular formula is C25H27N5O5S. The lowest BCUT2D eigenvalue weighted by molar-refractivity contribution is -0.384. The zero-order valence-electron chi connectivity index (χ0n) is 19.8. The Bertz CT molecular complexity index is 1340. The molecule has 0 bridgehead atoms. The van der Waals surface area contributed by atoms with Crippen LogP contribution in [0.1, 0.15) is 18.4 Å². The van der Waals surface area contributed by atoms with Gasteiger partial charge in [0, 0.05) is 49.9 Å². The van der Waals surface area contributed by atoms with Gasteiger partial charge in [-0.25, -0.2) is 8.42 Å². The maximum Gasteiger partial charge on any atom is 0.295 e. The second kappa shape index (κ2) is 11.2. The van der Waals surface area contributed by atoms with Gasteiger partial charge in [0.05, 0.1) is 16.9 Å². The maximum atomic E-state index is 12.8. The Labute approximate surface area is 209 Å². The van der Waals surface area contributed by atoms with Gasteiger partial charge in [0.1, 0.15) is 11.4 Å². The molecule has 0 amide bonds. The summed E-state index contributed by atoms with van der Waals surface area (Å²) in [6.07, 6.45) is 1.48. The van der Waals surface area contributed by atoms with Crippen molar-refractivity contribution in [2.24, 2.45) is 5.10 Å². The van der Waals surface area contributed by atoms with Crippen LogP contribution in [0.2, 0.25) is 0 Å². The van der Waals surface area contributed by atoms with Crippen molar-refractivity contribution in [3.05, 3.63) is 88.5 Å². The summed E-state index contributed by atoms with van der Waals surface area (Å²) in [7, 11) is -2.53. The number of piperidine rings is 1. The van der Waals surface area contributed by atoms with Crippen LogP contribution in [0, 0.1) is 10.1 Å². The first-order valence-corrected chi connectivity index (χ1v) is 12.9. The SMILES string of the molecule is COc1ccc(NS(=O)(=O)c2ccc(NN=C3CCN(Cc4ccccc4)CC3)c([N+](=O)[O-])c2)cc1. The third-order valence-corrected chi connectivity index (χ3v) is 7.21. The van der Waals surface area contributed by atoms with Crippen LogP contribution in [0.25, 0.3) is 0 Å². The van der Waals surface area contributed by atoms with Crippen molar-refractivity contribution in [2.75, 3.05) is 30.3 Å². The lowest BCUT2D eigenvalue weighted by atomic mass is 10.1. The van der Waals surface area contributed by atoms with Gasteiger partial charge in [-0.1, -0.05) is 30.3 Å². The number of hydrogen-bond acceptors (Lipinski definition) is 8. The van der Waals surface area contributed by atoms with Crippen molar-refractivity contribution in [2.45, 2.75) is 24.3 Å². The number of methoxy groups -OCH3 is 1. The molecule has 10 nitrogen and oxygen atoms in total. The van der Waals surface area contributed by atoms with E-state index in [-0.39, 0.29) is 16.3 Å². The molecule has 0 radical (unpaired) electrons. The Balaban J connectivity index is 1.42. The zero-order chi connectivity index (χ0) is 25.5. The first-order valence-electron chi connectivity index (χ1n) is 11.4. The third-order valence-electron chi connectivity index (χ3n) is 5.84. The second-order valence-electron chi connectivity index (χ2n) is 8.32. The van der Waals surface area contributed by atoms with Crippen molar-refractivity contribution < 1.29 is 18.1 Å². The number of anilines is 2. The van der Waals surface area contributed by atoms with Crippen LogP contribution in [0.3, 0.4) is 0 Å². The van der Waals surface area contributed by atoms with Crippen LogP contribution in [0.5, 0.6) is 5.75 Å². The lowest BCUT2D eigenvalue weighted by Gasteiger charge is -2.27. The number of ether oxygens (including phenoxy) is 1. The molecule has 36 heavy (non-hydrogen) atoms. The summed E-state index contributed by atoms with van der Waals surface area (Å²) < 4.78 is 33.1. The highest BCUT2D eigenvalue weighted by Crippen LogP contribution is 2.29. The molecule has 1 aliphatic heterocycles. The summed E-state index contributed by atoms with van der Waals surface area (Å²) in [6, 6.07) is 20.2. The van der Waals surface area contributed by atoms with Crippen LogP contribution < -0.4 is 14.9 Å². The number of nitro benzene ring substituents is 1. The quantitative estimate of drug-likeness (QED) is 0.322. The highest BCUT2D eigenvalue weighted by Gasteiger charge is 2.22. The first-order chi connectivity index (χ1) is 17.3. The van der Waals surface area contributed by atoms with Crippen molar-refractivity contribution >= 4 is 32.8 Å². The lowest BCUT2D eigenvalue weighted by Crippen LogP contribution is -2.33. The largest absolute Gasteiger partial charge is 0.497 e. The van der Waals surface area contributed by atoms with Gasteiger partial charge >= 0.3 is 0 Å². The molecule has 11 heteroatoms. The topological polar surface area (TPSA) is 126 Å². The highest BCUT2D eigenvalue weighted by molar-refractivity contribution is 7.92. The number of nitro groups is 1. The van der Waals surface area contributed by atoms with Crippen LogP contribution in [-0.4, -0.2) is 44.2 Å². The van der Waals surface area contributed by atoms with Gasteiger partial charge < -0.3 is 4.74 Å².